The van der Waals surface area contributed by atoms with E-state index >= 15 is 0 Å². The predicted octanol–water partition coefficient (Wildman–Crippen LogP) is 2.98. The van der Waals surface area contributed by atoms with E-state index in [1.54, 1.807) is 14.2 Å². The number of rotatable bonds is 5. The topological polar surface area (TPSA) is 75.8 Å². The lowest BCUT2D eigenvalue weighted by atomic mass is 10.2. The van der Waals surface area contributed by atoms with E-state index in [1.807, 2.05) is 47.0 Å². The highest BCUT2D eigenvalue weighted by Gasteiger charge is 2.07. The Labute approximate surface area is 177 Å². The van der Waals surface area contributed by atoms with E-state index in [4.69, 9.17) is 4.74 Å². The summed E-state index contributed by atoms with van der Waals surface area (Å²) in [7, 11) is 3.39. The second kappa shape index (κ2) is 9.72. The molecule has 0 saturated carbocycles. The second-order valence-electron chi connectivity index (χ2n) is 5.28. The SMILES string of the molecule is CN=C(NCc1cc(Br)ccc1OC)NCc1nnc2ccccn12.I. The highest BCUT2D eigenvalue weighted by molar-refractivity contribution is 14.0. The van der Waals surface area contributed by atoms with Crippen LogP contribution in [0.3, 0.4) is 0 Å². The third-order valence-electron chi connectivity index (χ3n) is 3.71. The molecule has 0 radical (unpaired) electrons. The van der Waals surface area contributed by atoms with Crippen molar-refractivity contribution in [2.75, 3.05) is 14.2 Å². The van der Waals surface area contributed by atoms with Crippen LogP contribution in [0.1, 0.15) is 11.4 Å². The predicted molar refractivity (Wildman–Crippen MR) is 116 cm³/mol. The first kappa shape index (κ1) is 20.4. The van der Waals surface area contributed by atoms with Crippen molar-refractivity contribution in [3.05, 3.63) is 58.5 Å². The minimum Gasteiger partial charge on any atom is -0.496 e. The molecular formula is C17H20BrIN6O. The minimum absolute atomic E-state index is 0. The Kier molecular flexibility index (Phi) is 7.64. The minimum atomic E-state index is 0. The van der Waals surface area contributed by atoms with Gasteiger partial charge in [0.1, 0.15) is 5.75 Å². The van der Waals surface area contributed by atoms with Gasteiger partial charge in [-0.15, -0.1) is 34.2 Å². The van der Waals surface area contributed by atoms with Crippen LogP contribution in [-0.4, -0.2) is 34.7 Å². The van der Waals surface area contributed by atoms with Crippen molar-refractivity contribution in [1.29, 1.82) is 0 Å². The number of aromatic nitrogens is 3. The maximum absolute atomic E-state index is 5.39. The molecule has 0 aliphatic carbocycles. The van der Waals surface area contributed by atoms with Gasteiger partial charge in [-0.3, -0.25) is 9.39 Å². The number of aliphatic imine (C=N–C) groups is 1. The number of hydrogen-bond donors (Lipinski definition) is 2. The van der Waals surface area contributed by atoms with Gasteiger partial charge < -0.3 is 15.4 Å². The van der Waals surface area contributed by atoms with Crippen molar-refractivity contribution in [2.24, 2.45) is 4.99 Å². The molecule has 0 unspecified atom stereocenters. The first-order valence-electron chi connectivity index (χ1n) is 7.77. The number of fused-ring (bicyclic) bond motifs is 1. The molecule has 0 saturated heterocycles. The molecule has 2 heterocycles. The van der Waals surface area contributed by atoms with Crippen LogP contribution in [0, 0.1) is 0 Å². The van der Waals surface area contributed by atoms with Gasteiger partial charge in [0.15, 0.2) is 17.4 Å². The summed E-state index contributed by atoms with van der Waals surface area (Å²) in [6.07, 6.45) is 1.94. The van der Waals surface area contributed by atoms with E-state index in [9.17, 15) is 0 Å². The molecule has 0 amide bonds. The zero-order chi connectivity index (χ0) is 17.6. The van der Waals surface area contributed by atoms with Crippen molar-refractivity contribution in [3.8, 4) is 5.75 Å². The maximum atomic E-state index is 5.39. The summed E-state index contributed by atoms with van der Waals surface area (Å²) >= 11 is 3.48. The van der Waals surface area contributed by atoms with Crippen LogP contribution in [0.25, 0.3) is 5.65 Å². The number of nitrogens with zero attached hydrogens (tertiary/aromatic N) is 4. The average molecular weight is 531 g/mol. The molecule has 0 bridgehead atoms. The highest BCUT2D eigenvalue weighted by atomic mass is 127. The van der Waals surface area contributed by atoms with E-state index in [-0.39, 0.29) is 24.0 Å². The van der Waals surface area contributed by atoms with Crippen LogP contribution in [0.2, 0.25) is 0 Å². The number of pyridine rings is 1. The van der Waals surface area contributed by atoms with Gasteiger partial charge in [0.25, 0.3) is 0 Å². The molecule has 0 aliphatic rings. The van der Waals surface area contributed by atoms with E-state index in [2.05, 4.69) is 41.8 Å². The average Bonchev–Trinajstić information content (AvgIpc) is 3.05. The van der Waals surface area contributed by atoms with E-state index in [1.165, 1.54) is 0 Å². The quantitative estimate of drug-likeness (QED) is 0.301. The standard InChI is InChI=1S/C17H19BrN6O.HI/c1-19-17(20-10-12-9-13(18)6-7-14(12)25-2)21-11-16-23-22-15-5-3-4-8-24(15)16;/h3-9H,10-11H2,1-2H3,(H2,19,20,21);1H. The Balaban J connectivity index is 0.00000243. The Bertz CT molecular complexity index is 898. The van der Waals surface area contributed by atoms with Crippen LogP contribution >= 0.6 is 39.9 Å². The van der Waals surface area contributed by atoms with Crippen LogP contribution in [0.5, 0.6) is 5.75 Å². The molecule has 0 spiro atoms. The summed E-state index contributed by atoms with van der Waals surface area (Å²) in [5.41, 5.74) is 1.86. The summed E-state index contributed by atoms with van der Waals surface area (Å²) in [5.74, 6) is 2.32. The lowest BCUT2D eigenvalue weighted by Gasteiger charge is -2.13. The first-order chi connectivity index (χ1) is 12.2. The van der Waals surface area contributed by atoms with Crippen molar-refractivity contribution in [3.63, 3.8) is 0 Å². The molecule has 7 nitrogen and oxygen atoms in total. The fourth-order valence-corrected chi connectivity index (χ4v) is 2.87. The first-order valence-corrected chi connectivity index (χ1v) is 8.56. The number of methoxy groups -OCH3 is 1. The van der Waals surface area contributed by atoms with Gasteiger partial charge in [0, 0.05) is 29.8 Å². The van der Waals surface area contributed by atoms with Crippen LogP contribution in [0.15, 0.2) is 52.1 Å². The molecule has 2 aromatic heterocycles. The summed E-state index contributed by atoms with van der Waals surface area (Å²) in [6.45, 7) is 1.10. The second-order valence-corrected chi connectivity index (χ2v) is 6.20. The third kappa shape index (κ3) is 4.85. The number of halogens is 2. The molecular weight excluding hydrogens is 511 g/mol. The normalized spacial score (nSPS) is 11.1. The van der Waals surface area contributed by atoms with E-state index in [0.717, 1.165) is 27.3 Å². The van der Waals surface area contributed by atoms with Crippen molar-refractivity contribution >= 4 is 51.5 Å². The number of nitrogens with one attached hydrogen (secondary N) is 2. The van der Waals surface area contributed by atoms with Gasteiger partial charge in [-0.1, -0.05) is 22.0 Å². The van der Waals surface area contributed by atoms with Crippen molar-refractivity contribution in [2.45, 2.75) is 13.1 Å². The molecule has 0 fully saturated rings. The summed E-state index contributed by atoms with van der Waals surface area (Å²) in [5, 5.41) is 14.9. The summed E-state index contributed by atoms with van der Waals surface area (Å²) in [6, 6.07) is 11.7. The Hall–Kier alpha value is -1.88. The molecule has 9 heteroatoms. The van der Waals surface area contributed by atoms with E-state index in [0.29, 0.717) is 19.0 Å². The number of hydrogen-bond acceptors (Lipinski definition) is 4. The molecule has 0 aliphatic heterocycles. The lowest BCUT2D eigenvalue weighted by molar-refractivity contribution is 0.409. The fourth-order valence-electron chi connectivity index (χ4n) is 2.46. The molecule has 26 heavy (non-hydrogen) atoms. The van der Waals surface area contributed by atoms with Gasteiger partial charge in [-0.25, -0.2) is 0 Å². The van der Waals surface area contributed by atoms with Crippen molar-refractivity contribution in [1.82, 2.24) is 25.2 Å². The Morgan fingerprint density at radius 1 is 1.19 bits per heavy atom. The molecule has 0 atom stereocenters. The highest BCUT2D eigenvalue weighted by Crippen LogP contribution is 2.22. The molecule has 3 rings (SSSR count). The van der Waals surface area contributed by atoms with Crippen LogP contribution in [-0.2, 0) is 13.1 Å². The molecule has 138 valence electrons. The van der Waals surface area contributed by atoms with Gasteiger partial charge >= 0.3 is 0 Å². The number of benzene rings is 1. The van der Waals surface area contributed by atoms with Gasteiger partial charge in [0.2, 0.25) is 0 Å². The van der Waals surface area contributed by atoms with Gasteiger partial charge in [-0.05, 0) is 30.3 Å². The Morgan fingerprint density at radius 2 is 2.00 bits per heavy atom. The number of guanidine groups is 1. The zero-order valence-electron chi connectivity index (χ0n) is 14.4. The third-order valence-corrected chi connectivity index (χ3v) is 4.20. The maximum Gasteiger partial charge on any atom is 0.191 e. The molecule has 1 aromatic carbocycles. The monoisotopic (exact) mass is 530 g/mol. The van der Waals surface area contributed by atoms with Crippen molar-refractivity contribution < 1.29 is 4.74 Å². The number of ether oxygens (including phenoxy) is 1. The van der Waals surface area contributed by atoms with Gasteiger partial charge in [0.05, 0.1) is 13.7 Å². The largest absolute Gasteiger partial charge is 0.496 e. The molecule has 2 N–H and O–H groups in total. The van der Waals surface area contributed by atoms with Crippen LogP contribution in [0.4, 0.5) is 0 Å². The Morgan fingerprint density at radius 3 is 2.77 bits per heavy atom. The molecule has 3 aromatic rings. The zero-order valence-corrected chi connectivity index (χ0v) is 18.4. The fraction of sp³-hybridized carbons (Fsp3) is 0.235. The van der Waals surface area contributed by atoms with Crippen LogP contribution < -0.4 is 15.4 Å². The smallest absolute Gasteiger partial charge is 0.191 e. The van der Waals surface area contributed by atoms with Gasteiger partial charge in [-0.2, -0.15) is 0 Å². The summed E-state index contributed by atoms with van der Waals surface area (Å²) in [4.78, 5) is 4.24. The van der Waals surface area contributed by atoms with E-state index < -0.39 is 0 Å². The summed E-state index contributed by atoms with van der Waals surface area (Å²) < 4.78 is 8.34. The lowest BCUT2D eigenvalue weighted by Crippen LogP contribution is -2.36.